The molecule has 0 aliphatic carbocycles. The van der Waals surface area contributed by atoms with E-state index in [1.54, 1.807) is 30.5 Å². The number of carbonyl (C=O) groups is 1. The Morgan fingerprint density at radius 1 is 1.13 bits per heavy atom. The lowest BCUT2D eigenvalue weighted by molar-refractivity contribution is 0.102. The SMILES string of the molecule is Cc1ccc(NC(=O)c2ccc(Oc3nccs3)cc2)c(C)c1. The van der Waals surface area contributed by atoms with Crippen LogP contribution in [-0.2, 0) is 0 Å². The number of aryl methyl sites for hydroxylation is 2. The van der Waals surface area contributed by atoms with Gasteiger partial charge in [-0.25, -0.2) is 4.98 Å². The van der Waals surface area contributed by atoms with Crippen LogP contribution in [0.4, 0.5) is 5.69 Å². The summed E-state index contributed by atoms with van der Waals surface area (Å²) in [7, 11) is 0. The van der Waals surface area contributed by atoms with Gasteiger partial charge in [0.1, 0.15) is 5.75 Å². The predicted molar refractivity (Wildman–Crippen MR) is 92.5 cm³/mol. The molecule has 1 N–H and O–H groups in total. The number of hydrogen-bond donors (Lipinski definition) is 1. The van der Waals surface area contributed by atoms with Crippen molar-refractivity contribution in [2.45, 2.75) is 13.8 Å². The van der Waals surface area contributed by atoms with E-state index >= 15 is 0 Å². The second kappa shape index (κ2) is 6.62. The highest BCUT2D eigenvalue weighted by Crippen LogP contribution is 2.24. The van der Waals surface area contributed by atoms with Crippen LogP contribution >= 0.6 is 11.3 Å². The van der Waals surface area contributed by atoms with E-state index in [9.17, 15) is 4.79 Å². The highest BCUT2D eigenvalue weighted by molar-refractivity contribution is 7.11. The highest BCUT2D eigenvalue weighted by atomic mass is 32.1. The standard InChI is InChI=1S/C18H16N2O2S/c1-12-3-8-16(13(2)11-12)20-17(21)14-4-6-15(7-5-14)22-18-19-9-10-23-18/h3-11H,1-2H3,(H,20,21). The molecule has 2 aromatic carbocycles. The second-order valence-electron chi connectivity index (χ2n) is 5.20. The lowest BCUT2D eigenvalue weighted by Crippen LogP contribution is -2.12. The van der Waals surface area contributed by atoms with Crippen molar-refractivity contribution in [3.05, 3.63) is 70.7 Å². The van der Waals surface area contributed by atoms with Gasteiger partial charge in [-0.05, 0) is 49.7 Å². The Bertz CT molecular complexity index is 812. The van der Waals surface area contributed by atoms with Crippen molar-refractivity contribution in [3.8, 4) is 10.9 Å². The fraction of sp³-hybridized carbons (Fsp3) is 0.111. The number of benzene rings is 2. The Kier molecular flexibility index (Phi) is 4.39. The van der Waals surface area contributed by atoms with Gasteiger partial charge in [0.2, 0.25) is 0 Å². The van der Waals surface area contributed by atoms with Gasteiger partial charge >= 0.3 is 0 Å². The third kappa shape index (κ3) is 3.76. The molecular weight excluding hydrogens is 308 g/mol. The molecule has 23 heavy (non-hydrogen) atoms. The molecule has 0 radical (unpaired) electrons. The van der Waals surface area contributed by atoms with Gasteiger partial charge in [-0.1, -0.05) is 29.0 Å². The molecule has 1 aromatic heterocycles. The van der Waals surface area contributed by atoms with Crippen LogP contribution in [0.2, 0.25) is 0 Å². The zero-order chi connectivity index (χ0) is 16.2. The van der Waals surface area contributed by atoms with E-state index in [2.05, 4.69) is 10.3 Å². The molecule has 3 rings (SSSR count). The van der Waals surface area contributed by atoms with Crippen molar-refractivity contribution in [3.63, 3.8) is 0 Å². The number of ether oxygens (including phenoxy) is 1. The quantitative estimate of drug-likeness (QED) is 0.749. The van der Waals surface area contributed by atoms with Crippen LogP contribution in [0.5, 0.6) is 10.9 Å². The summed E-state index contributed by atoms with van der Waals surface area (Å²) in [5.74, 6) is 0.515. The smallest absolute Gasteiger partial charge is 0.278 e. The number of nitrogens with one attached hydrogen (secondary N) is 1. The molecule has 0 saturated carbocycles. The van der Waals surface area contributed by atoms with Crippen LogP contribution in [0.1, 0.15) is 21.5 Å². The number of aromatic nitrogens is 1. The summed E-state index contributed by atoms with van der Waals surface area (Å²) in [6.07, 6.45) is 1.69. The Morgan fingerprint density at radius 2 is 1.91 bits per heavy atom. The van der Waals surface area contributed by atoms with Crippen molar-refractivity contribution >= 4 is 22.9 Å². The number of carbonyl (C=O) groups excluding carboxylic acids is 1. The first-order chi connectivity index (χ1) is 11.1. The zero-order valence-electron chi connectivity index (χ0n) is 12.9. The predicted octanol–water partition coefficient (Wildman–Crippen LogP) is 4.80. The number of amides is 1. The summed E-state index contributed by atoms with van der Waals surface area (Å²) in [4.78, 5) is 16.4. The second-order valence-corrected chi connectivity index (χ2v) is 6.05. The maximum absolute atomic E-state index is 12.3. The molecule has 0 aliphatic heterocycles. The van der Waals surface area contributed by atoms with E-state index in [-0.39, 0.29) is 5.91 Å². The first-order valence-corrected chi connectivity index (χ1v) is 8.06. The summed E-state index contributed by atoms with van der Waals surface area (Å²) in [6, 6.07) is 12.9. The Labute approximate surface area is 138 Å². The monoisotopic (exact) mass is 324 g/mol. The Balaban J connectivity index is 1.70. The van der Waals surface area contributed by atoms with Crippen LogP contribution in [0.15, 0.2) is 54.0 Å². The van der Waals surface area contributed by atoms with E-state index in [0.29, 0.717) is 16.5 Å². The van der Waals surface area contributed by atoms with Crippen molar-refractivity contribution in [1.82, 2.24) is 4.98 Å². The molecule has 1 amide bonds. The largest absolute Gasteiger partial charge is 0.431 e. The lowest BCUT2D eigenvalue weighted by atomic mass is 10.1. The van der Waals surface area contributed by atoms with Crippen LogP contribution in [0.25, 0.3) is 0 Å². The summed E-state index contributed by atoms with van der Waals surface area (Å²) in [5.41, 5.74) is 3.62. The van der Waals surface area contributed by atoms with Crippen LogP contribution < -0.4 is 10.1 Å². The van der Waals surface area contributed by atoms with Gasteiger partial charge in [-0.2, -0.15) is 0 Å². The fourth-order valence-corrected chi connectivity index (χ4v) is 2.69. The molecule has 5 heteroatoms. The van der Waals surface area contributed by atoms with Crippen LogP contribution in [0.3, 0.4) is 0 Å². The normalized spacial score (nSPS) is 10.3. The average Bonchev–Trinajstić information content (AvgIpc) is 3.04. The Morgan fingerprint density at radius 3 is 2.57 bits per heavy atom. The molecule has 4 nitrogen and oxygen atoms in total. The van der Waals surface area contributed by atoms with Gasteiger partial charge in [0, 0.05) is 22.8 Å². The summed E-state index contributed by atoms with van der Waals surface area (Å²) in [6.45, 7) is 4.01. The van der Waals surface area contributed by atoms with Crippen molar-refractivity contribution < 1.29 is 9.53 Å². The molecular formula is C18H16N2O2S. The highest BCUT2D eigenvalue weighted by Gasteiger charge is 2.08. The third-order valence-electron chi connectivity index (χ3n) is 3.36. The maximum Gasteiger partial charge on any atom is 0.278 e. The van der Waals surface area contributed by atoms with Gasteiger partial charge in [-0.15, -0.1) is 0 Å². The van der Waals surface area contributed by atoms with Gasteiger partial charge in [-0.3, -0.25) is 4.79 Å². The minimum atomic E-state index is -0.141. The maximum atomic E-state index is 12.3. The molecule has 0 atom stereocenters. The molecule has 3 aromatic rings. The van der Waals surface area contributed by atoms with E-state index < -0.39 is 0 Å². The van der Waals surface area contributed by atoms with Gasteiger partial charge in [0.25, 0.3) is 11.1 Å². The first-order valence-electron chi connectivity index (χ1n) is 7.18. The van der Waals surface area contributed by atoms with E-state index in [4.69, 9.17) is 4.74 Å². The molecule has 0 aliphatic rings. The molecule has 0 fully saturated rings. The fourth-order valence-electron chi connectivity index (χ4n) is 2.18. The topological polar surface area (TPSA) is 51.2 Å². The Hall–Kier alpha value is -2.66. The number of rotatable bonds is 4. The van der Waals surface area contributed by atoms with Gasteiger partial charge in [0.05, 0.1) is 0 Å². The molecule has 1 heterocycles. The average molecular weight is 324 g/mol. The molecule has 0 saturated heterocycles. The zero-order valence-corrected chi connectivity index (χ0v) is 13.7. The van der Waals surface area contributed by atoms with Gasteiger partial charge in [0.15, 0.2) is 0 Å². The van der Waals surface area contributed by atoms with Crippen LogP contribution in [-0.4, -0.2) is 10.9 Å². The van der Waals surface area contributed by atoms with E-state index in [1.165, 1.54) is 16.9 Å². The third-order valence-corrected chi connectivity index (χ3v) is 4.01. The van der Waals surface area contributed by atoms with Crippen molar-refractivity contribution in [1.29, 1.82) is 0 Å². The molecule has 116 valence electrons. The minimum Gasteiger partial charge on any atom is -0.431 e. The molecule has 0 unspecified atom stereocenters. The number of thiazole rings is 1. The van der Waals surface area contributed by atoms with Crippen molar-refractivity contribution in [2.75, 3.05) is 5.32 Å². The summed E-state index contributed by atoms with van der Waals surface area (Å²) < 4.78 is 5.58. The van der Waals surface area contributed by atoms with Crippen molar-refractivity contribution in [2.24, 2.45) is 0 Å². The molecule has 0 bridgehead atoms. The lowest BCUT2D eigenvalue weighted by Gasteiger charge is -2.09. The molecule has 0 spiro atoms. The van der Waals surface area contributed by atoms with Crippen LogP contribution in [0, 0.1) is 13.8 Å². The minimum absolute atomic E-state index is 0.141. The number of nitrogens with zero attached hydrogens (tertiary/aromatic N) is 1. The van der Waals surface area contributed by atoms with E-state index in [1.807, 2.05) is 37.4 Å². The summed E-state index contributed by atoms with van der Waals surface area (Å²) in [5, 5.41) is 5.36. The number of hydrogen-bond acceptors (Lipinski definition) is 4. The first kappa shape index (κ1) is 15.2. The number of anilines is 1. The van der Waals surface area contributed by atoms with Gasteiger partial charge < -0.3 is 10.1 Å². The summed E-state index contributed by atoms with van der Waals surface area (Å²) >= 11 is 1.42. The van der Waals surface area contributed by atoms with E-state index in [0.717, 1.165) is 11.3 Å².